The summed E-state index contributed by atoms with van der Waals surface area (Å²) in [6.45, 7) is 0.773. The van der Waals surface area contributed by atoms with Crippen LogP contribution in [0.2, 0.25) is 0 Å². The van der Waals surface area contributed by atoms with Gasteiger partial charge in [0.15, 0.2) is 0 Å². The first-order valence-corrected chi connectivity index (χ1v) is 12.9. The molecule has 2 aliphatic rings. The van der Waals surface area contributed by atoms with Crippen LogP contribution in [0.3, 0.4) is 0 Å². The Morgan fingerprint density at radius 2 is 1.81 bits per heavy atom. The van der Waals surface area contributed by atoms with Crippen molar-refractivity contribution in [3.8, 4) is 11.3 Å². The second-order valence-corrected chi connectivity index (χ2v) is 9.78. The van der Waals surface area contributed by atoms with Crippen molar-refractivity contribution in [3.63, 3.8) is 0 Å². The first-order chi connectivity index (χ1) is 17.9. The van der Waals surface area contributed by atoms with E-state index in [1.807, 2.05) is 12.1 Å². The topological polar surface area (TPSA) is 70.1 Å². The number of hydrogen-bond acceptors (Lipinski definition) is 5. The maximum Gasteiger partial charge on any atom is 0.416 e. The minimum absolute atomic E-state index is 0.127. The largest absolute Gasteiger partial charge is 0.416 e. The van der Waals surface area contributed by atoms with Crippen LogP contribution in [0.1, 0.15) is 55.2 Å². The SMILES string of the molecule is OCC/C=C1\CCc2c(Nc3cc(-c4ccc(C(F)(F)F)cc4NCC4CCCC4)ncn3)cccc21. The van der Waals surface area contributed by atoms with Crippen molar-refractivity contribution in [2.75, 3.05) is 23.8 Å². The number of alkyl halides is 3. The Bertz CT molecular complexity index is 1280. The Morgan fingerprint density at radius 1 is 0.973 bits per heavy atom. The van der Waals surface area contributed by atoms with E-state index in [0.717, 1.165) is 37.4 Å². The van der Waals surface area contributed by atoms with Crippen LogP contribution in [0, 0.1) is 5.92 Å². The van der Waals surface area contributed by atoms with Crippen LogP contribution in [-0.2, 0) is 12.6 Å². The molecule has 37 heavy (non-hydrogen) atoms. The van der Waals surface area contributed by atoms with Gasteiger partial charge < -0.3 is 15.7 Å². The number of nitrogens with one attached hydrogen (secondary N) is 2. The smallest absolute Gasteiger partial charge is 0.396 e. The summed E-state index contributed by atoms with van der Waals surface area (Å²) in [5, 5.41) is 15.9. The molecule has 1 fully saturated rings. The summed E-state index contributed by atoms with van der Waals surface area (Å²) in [5.74, 6) is 1.05. The highest BCUT2D eigenvalue weighted by molar-refractivity contribution is 5.81. The number of benzene rings is 2. The molecule has 2 aliphatic carbocycles. The molecule has 1 heterocycles. The number of allylic oxidation sites excluding steroid dienone is 1. The fourth-order valence-corrected chi connectivity index (χ4v) is 5.39. The van der Waals surface area contributed by atoms with Crippen LogP contribution in [0.15, 0.2) is 54.9 Å². The van der Waals surface area contributed by atoms with Gasteiger partial charge in [0.05, 0.1) is 11.3 Å². The lowest BCUT2D eigenvalue weighted by atomic mass is 10.0. The standard InChI is InChI=1S/C29H31F3N4O/c30-29(31,32)21-11-13-24(26(15-21)33-17-19-5-1-2-6-19)27-16-28(35-18-34-27)36-25-9-3-8-22-20(7-4-14-37)10-12-23(22)25/h3,7-9,11,13,15-16,18-19,33,37H,1-2,4-6,10,12,14,17H2,(H,34,35,36)/b20-7+. The molecule has 1 saturated carbocycles. The van der Waals surface area contributed by atoms with E-state index < -0.39 is 11.7 Å². The minimum Gasteiger partial charge on any atom is -0.396 e. The number of aromatic nitrogens is 2. The molecule has 5 nitrogen and oxygen atoms in total. The lowest BCUT2D eigenvalue weighted by Crippen LogP contribution is -2.13. The molecule has 0 aliphatic heterocycles. The van der Waals surface area contributed by atoms with E-state index >= 15 is 0 Å². The van der Waals surface area contributed by atoms with Crippen LogP contribution >= 0.6 is 0 Å². The zero-order valence-electron chi connectivity index (χ0n) is 20.6. The maximum absolute atomic E-state index is 13.5. The van der Waals surface area contributed by atoms with Crippen LogP contribution in [0.25, 0.3) is 16.8 Å². The number of nitrogens with zero attached hydrogens (tertiary/aromatic N) is 2. The molecule has 0 spiro atoms. The van der Waals surface area contributed by atoms with Crippen LogP contribution < -0.4 is 10.6 Å². The maximum atomic E-state index is 13.5. The highest BCUT2D eigenvalue weighted by Gasteiger charge is 2.31. The van der Waals surface area contributed by atoms with Crippen molar-refractivity contribution in [1.82, 2.24) is 9.97 Å². The number of fused-ring (bicyclic) bond motifs is 1. The fraction of sp³-hybridized carbons (Fsp3) is 0.379. The Balaban J connectivity index is 1.43. The zero-order chi connectivity index (χ0) is 25.8. The number of aliphatic hydroxyl groups excluding tert-OH is 1. The lowest BCUT2D eigenvalue weighted by molar-refractivity contribution is -0.137. The number of anilines is 3. The Labute approximate surface area is 214 Å². The summed E-state index contributed by atoms with van der Waals surface area (Å²) < 4.78 is 40.4. The Kier molecular flexibility index (Phi) is 7.46. The summed E-state index contributed by atoms with van der Waals surface area (Å²) in [5.41, 5.74) is 5.47. The molecule has 2 aromatic carbocycles. The third-order valence-corrected chi connectivity index (χ3v) is 7.29. The number of halogens is 3. The van der Waals surface area contributed by atoms with Crippen molar-refractivity contribution in [2.45, 2.75) is 51.1 Å². The van der Waals surface area contributed by atoms with Crippen LogP contribution in [-0.4, -0.2) is 28.2 Å². The van der Waals surface area contributed by atoms with Gasteiger partial charge in [0.2, 0.25) is 0 Å². The van der Waals surface area contributed by atoms with Gasteiger partial charge >= 0.3 is 6.18 Å². The molecule has 0 amide bonds. The normalized spacial score (nSPS) is 16.8. The van der Waals surface area contributed by atoms with Gasteiger partial charge in [-0.25, -0.2) is 9.97 Å². The lowest BCUT2D eigenvalue weighted by Gasteiger charge is -2.18. The van der Waals surface area contributed by atoms with Crippen LogP contribution in [0.4, 0.5) is 30.4 Å². The highest BCUT2D eigenvalue weighted by Crippen LogP contribution is 2.39. The molecule has 0 atom stereocenters. The minimum atomic E-state index is -4.42. The molecule has 0 unspecified atom stereocenters. The first kappa shape index (κ1) is 25.3. The van der Waals surface area contributed by atoms with Crippen molar-refractivity contribution in [2.24, 2.45) is 5.92 Å². The number of rotatable bonds is 8. The zero-order valence-corrected chi connectivity index (χ0v) is 20.6. The van der Waals surface area contributed by atoms with Crippen molar-refractivity contribution in [3.05, 3.63) is 71.6 Å². The molecular weight excluding hydrogens is 477 g/mol. The van der Waals surface area contributed by atoms with Gasteiger partial charge in [-0.2, -0.15) is 13.2 Å². The van der Waals surface area contributed by atoms with Gasteiger partial charge in [0.1, 0.15) is 12.1 Å². The van der Waals surface area contributed by atoms with Crippen LogP contribution in [0.5, 0.6) is 0 Å². The Morgan fingerprint density at radius 3 is 2.59 bits per heavy atom. The fourth-order valence-electron chi connectivity index (χ4n) is 5.39. The summed E-state index contributed by atoms with van der Waals surface area (Å²) in [4.78, 5) is 8.78. The molecule has 0 saturated heterocycles. The molecule has 3 N–H and O–H groups in total. The van der Waals surface area contributed by atoms with E-state index in [4.69, 9.17) is 0 Å². The van der Waals surface area contributed by atoms with Crippen molar-refractivity contribution < 1.29 is 18.3 Å². The predicted octanol–water partition coefficient (Wildman–Crippen LogP) is 7.22. The molecule has 8 heteroatoms. The van der Waals surface area contributed by atoms with E-state index in [2.05, 4.69) is 32.7 Å². The highest BCUT2D eigenvalue weighted by atomic mass is 19.4. The summed E-state index contributed by atoms with van der Waals surface area (Å²) in [6.07, 6.45) is 6.09. The van der Waals surface area contributed by atoms with Gasteiger partial charge in [-0.3, -0.25) is 0 Å². The second-order valence-electron chi connectivity index (χ2n) is 9.78. The summed E-state index contributed by atoms with van der Waals surface area (Å²) in [7, 11) is 0. The number of hydrogen-bond donors (Lipinski definition) is 3. The van der Waals surface area contributed by atoms with Crippen molar-refractivity contribution >= 4 is 22.8 Å². The average Bonchev–Trinajstić information content (AvgIpc) is 3.56. The Hall–Kier alpha value is -3.39. The first-order valence-electron chi connectivity index (χ1n) is 12.9. The summed E-state index contributed by atoms with van der Waals surface area (Å²) >= 11 is 0. The summed E-state index contributed by atoms with van der Waals surface area (Å²) in [6, 6.07) is 11.6. The molecule has 5 rings (SSSR count). The molecular formula is C29H31F3N4O. The quantitative estimate of drug-likeness (QED) is 0.300. The van der Waals surface area contributed by atoms with Gasteiger partial charge in [0.25, 0.3) is 0 Å². The van der Waals surface area contributed by atoms with E-state index in [1.165, 1.54) is 48.0 Å². The third-order valence-electron chi connectivity index (χ3n) is 7.29. The predicted molar refractivity (Wildman–Crippen MR) is 141 cm³/mol. The monoisotopic (exact) mass is 508 g/mol. The van der Waals surface area contributed by atoms with E-state index in [9.17, 15) is 18.3 Å². The van der Waals surface area contributed by atoms with Gasteiger partial charge in [-0.05, 0) is 72.9 Å². The molecule has 0 radical (unpaired) electrons. The van der Waals surface area contributed by atoms with E-state index in [0.29, 0.717) is 41.6 Å². The van der Waals surface area contributed by atoms with Gasteiger partial charge in [0, 0.05) is 36.2 Å². The molecule has 1 aromatic heterocycles. The van der Waals surface area contributed by atoms with E-state index in [-0.39, 0.29) is 6.61 Å². The number of aliphatic hydroxyl groups is 1. The second kappa shape index (κ2) is 10.9. The molecule has 0 bridgehead atoms. The third kappa shape index (κ3) is 5.80. The average molecular weight is 509 g/mol. The van der Waals surface area contributed by atoms with E-state index in [1.54, 1.807) is 6.07 Å². The molecule has 194 valence electrons. The van der Waals surface area contributed by atoms with Gasteiger partial charge in [-0.15, -0.1) is 0 Å². The molecule has 3 aromatic rings. The van der Waals surface area contributed by atoms with Crippen molar-refractivity contribution in [1.29, 1.82) is 0 Å². The van der Waals surface area contributed by atoms with Gasteiger partial charge in [-0.1, -0.05) is 37.1 Å².